The highest BCUT2D eigenvalue weighted by Crippen LogP contribution is 2.28. The topological polar surface area (TPSA) is 87.5 Å². The number of carbonyl (C=O) groups excluding carboxylic acids is 1. The number of halogens is 2. The zero-order valence-corrected chi connectivity index (χ0v) is 14.6. The molecule has 2 aromatic rings. The van der Waals surface area contributed by atoms with Crippen molar-refractivity contribution in [3.05, 3.63) is 39.1 Å². The van der Waals surface area contributed by atoms with E-state index in [1.54, 1.807) is 18.3 Å². The van der Waals surface area contributed by atoms with E-state index >= 15 is 0 Å². The van der Waals surface area contributed by atoms with Gasteiger partial charge in [0.05, 0.1) is 21.4 Å². The highest BCUT2D eigenvalue weighted by molar-refractivity contribution is 14.2. The van der Waals surface area contributed by atoms with Crippen LogP contribution in [-0.2, 0) is 15.7 Å². The monoisotopic (exact) mass is 438 g/mol. The fourth-order valence-electron chi connectivity index (χ4n) is 1.65. The number of benzene rings is 1. The van der Waals surface area contributed by atoms with Crippen LogP contribution in [0.1, 0.15) is 6.92 Å². The van der Waals surface area contributed by atoms with E-state index in [0.29, 0.717) is 5.69 Å². The first-order chi connectivity index (χ1) is 10.4. The van der Waals surface area contributed by atoms with Crippen LogP contribution in [-0.4, -0.2) is 29.0 Å². The van der Waals surface area contributed by atoms with Gasteiger partial charge >= 0.3 is 25.8 Å². The SMILES string of the molecule is COC(=O)C(C)Oc1ccn(-c2ccc(Cl)c(I(=O)=O)c2)n1. The summed E-state index contributed by atoms with van der Waals surface area (Å²) in [4.78, 5) is 11.3. The zero-order chi connectivity index (χ0) is 16.3. The maximum absolute atomic E-state index is 11.3. The summed E-state index contributed by atoms with van der Waals surface area (Å²) >= 11 is 2.15. The Kier molecular flexibility index (Phi) is 5.35. The van der Waals surface area contributed by atoms with Crippen LogP contribution < -0.4 is 4.74 Å². The normalized spacial score (nSPS) is 12.2. The molecule has 0 saturated carbocycles. The van der Waals surface area contributed by atoms with Crippen molar-refractivity contribution in [2.75, 3.05) is 7.11 Å². The smallest absolute Gasteiger partial charge is 0.346 e. The van der Waals surface area contributed by atoms with Crippen LogP contribution in [0.2, 0.25) is 5.02 Å². The molecule has 0 saturated heterocycles. The molecule has 0 amide bonds. The van der Waals surface area contributed by atoms with Crippen LogP contribution >= 0.6 is 31.4 Å². The molecule has 0 aliphatic rings. The van der Waals surface area contributed by atoms with E-state index in [4.69, 9.17) is 16.3 Å². The second kappa shape index (κ2) is 7.05. The van der Waals surface area contributed by atoms with Gasteiger partial charge in [0, 0.05) is 12.3 Å². The molecule has 0 aliphatic carbocycles. The molecule has 0 aliphatic heterocycles. The molecule has 22 heavy (non-hydrogen) atoms. The molecule has 0 N–H and O–H groups in total. The third kappa shape index (κ3) is 3.74. The van der Waals surface area contributed by atoms with Gasteiger partial charge in [-0.2, -0.15) is 0 Å². The van der Waals surface area contributed by atoms with E-state index in [9.17, 15) is 10.9 Å². The number of methoxy groups -OCH3 is 1. The molecule has 0 radical (unpaired) electrons. The molecule has 118 valence electrons. The Morgan fingerprint density at radius 1 is 1.36 bits per heavy atom. The Bertz CT molecular complexity index is 764. The third-order valence-electron chi connectivity index (χ3n) is 2.73. The fourth-order valence-corrected chi connectivity index (χ4v) is 3.34. The third-order valence-corrected chi connectivity index (χ3v) is 5.22. The van der Waals surface area contributed by atoms with E-state index in [0.717, 1.165) is 0 Å². The van der Waals surface area contributed by atoms with Crippen molar-refractivity contribution in [1.29, 1.82) is 0 Å². The highest BCUT2D eigenvalue weighted by Gasteiger charge is 2.16. The maximum Gasteiger partial charge on any atom is 0.346 e. The lowest BCUT2D eigenvalue weighted by atomic mass is 10.3. The standard InChI is InChI=1S/C13H12ClIN2O5/c1-8(13(18)21-2)22-12-5-6-17(16-12)9-3-4-10(14)11(7-9)15(19)20/h3-8H,1-2H3. The average Bonchev–Trinajstić information content (AvgIpc) is 2.94. The first kappa shape index (κ1) is 16.7. The van der Waals surface area contributed by atoms with E-state index in [1.807, 2.05) is 0 Å². The number of nitrogens with zero attached hydrogens (tertiary/aromatic N) is 2. The molecule has 1 heterocycles. The Morgan fingerprint density at radius 2 is 2.09 bits per heavy atom. The molecule has 1 aromatic carbocycles. The molecule has 0 bridgehead atoms. The number of carbonyl (C=O) groups is 1. The van der Waals surface area contributed by atoms with Crippen LogP contribution in [0.25, 0.3) is 5.69 Å². The molecule has 9 heteroatoms. The van der Waals surface area contributed by atoms with Gasteiger partial charge < -0.3 is 9.47 Å². The molecular weight excluding hydrogens is 427 g/mol. The van der Waals surface area contributed by atoms with E-state index in [1.165, 1.54) is 30.8 Å². The van der Waals surface area contributed by atoms with Gasteiger partial charge in [-0.05, 0) is 25.1 Å². The Balaban J connectivity index is 2.25. The minimum absolute atomic E-state index is 0.101. The van der Waals surface area contributed by atoms with E-state index in [2.05, 4.69) is 9.84 Å². The van der Waals surface area contributed by atoms with E-state index < -0.39 is 31.9 Å². The van der Waals surface area contributed by atoms with Crippen LogP contribution in [0.15, 0.2) is 30.5 Å². The van der Waals surface area contributed by atoms with Crippen molar-refractivity contribution >= 4 is 37.4 Å². The second-order valence-corrected chi connectivity index (χ2v) is 7.01. The minimum Gasteiger partial charge on any atom is -0.466 e. The summed E-state index contributed by atoms with van der Waals surface area (Å²) in [6, 6.07) is 6.12. The predicted molar refractivity (Wildman–Crippen MR) is 84.8 cm³/mol. The maximum atomic E-state index is 11.3. The van der Waals surface area contributed by atoms with Gasteiger partial charge in [-0.15, -0.1) is 5.10 Å². The number of hydrogen-bond acceptors (Lipinski definition) is 6. The second-order valence-electron chi connectivity index (χ2n) is 4.20. The number of hydrogen-bond donors (Lipinski definition) is 0. The van der Waals surface area contributed by atoms with Crippen molar-refractivity contribution in [3.8, 4) is 11.6 Å². The van der Waals surface area contributed by atoms with Gasteiger partial charge in [-0.3, -0.25) is 0 Å². The van der Waals surface area contributed by atoms with Gasteiger partial charge in [0.15, 0.2) is 6.10 Å². The zero-order valence-electron chi connectivity index (χ0n) is 11.7. The van der Waals surface area contributed by atoms with Crippen LogP contribution in [0, 0.1) is 3.57 Å². The highest BCUT2D eigenvalue weighted by atomic mass is 127. The first-order valence-corrected chi connectivity index (χ1v) is 9.29. The average molecular weight is 439 g/mol. The summed E-state index contributed by atoms with van der Waals surface area (Å²) in [7, 11) is 1.27. The van der Waals surface area contributed by atoms with Gasteiger partial charge in [-0.25, -0.2) is 15.6 Å². The fraction of sp³-hybridized carbons (Fsp3) is 0.231. The van der Waals surface area contributed by atoms with Crippen molar-refractivity contribution in [2.45, 2.75) is 13.0 Å². The van der Waals surface area contributed by atoms with Gasteiger partial charge in [0.1, 0.15) is 0 Å². The molecule has 0 spiro atoms. The quantitative estimate of drug-likeness (QED) is 0.527. The molecule has 2 rings (SSSR count). The number of aromatic nitrogens is 2. The summed E-state index contributed by atoms with van der Waals surface area (Å²) in [6.45, 7) is 1.54. The molecule has 0 fully saturated rings. The van der Waals surface area contributed by atoms with Crippen LogP contribution in [0.5, 0.6) is 5.88 Å². The Hall–Kier alpha value is -1.68. The number of ether oxygens (including phenoxy) is 2. The molecule has 7 nitrogen and oxygen atoms in total. The summed E-state index contributed by atoms with van der Waals surface area (Å²) in [5.41, 5.74) is 0.522. The predicted octanol–water partition coefficient (Wildman–Crippen LogP) is 2.83. The molecule has 1 aromatic heterocycles. The molecule has 1 atom stereocenters. The summed E-state index contributed by atoms with van der Waals surface area (Å²) in [5.74, 6) is -0.301. The van der Waals surface area contributed by atoms with Crippen molar-refractivity contribution < 1.29 is 20.4 Å². The van der Waals surface area contributed by atoms with Crippen LogP contribution in [0.3, 0.4) is 0 Å². The summed E-state index contributed by atoms with van der Waals surface area (Å²) in [6.07, 6.45) is 0.788. The molecular formula is C13H12ClIN2O5. The van der Waals surface area contributed by atoms with Gasteiger partial charge in [-0.1, -0.05) is 11.6 Å². The van der Waals surface area contributed by atoms with Gasteiger partial charge in [0.25, 0.3) is 0 Å². The van der Waals surface area contributed by atoms with Crippen molar-refractivity contribution in [3.63, 3.8) is 0 Å². The number of rotatable bonds is 5. The van der Waals surface area contributed by atoms with Gasteiger partial charge in [0.2, 0.25) is 5.88 Å². The molecule has 1 unspecified atom stereocenters. The lowest BCUT2D eigenvalue weighted by Gasteiger charge is -2.09. The van der Waals surface area contributed by atoms with Crippen molar-refractivity contribution in [1.82, 2.24) is 9.78 Å². The first-order valence-electron chi connectivity index (χ1n) is 6.07. The van der Waals surface area contributed by atoms with Crippen LogP contribution in [0.4, 0.5) is 0 Å². The lowest BCUT2D eigenvalue weighted by Crippen LogP contribution is -2.25. The minimum atomic E-state index is -3.69. The summed E-state index contributed by atoms with van der Waals surface area (Å²) in [5, 5.41) is 4.31. The lowest BCUT2D eigenvalue weighted by molar-refractivity contribution is -0.148. The summed E-state index contributed by atoms with van der Waals surface area (Å²) < 4.78 is 33.8. The largest absolute Gasteiger partial charge is 0.466 e. The van der Waals surface area contributed by atoms with Crippen molar-refractivity contribution in [2.24, 2.45) is 0 Å². The Labute approximate surface area is 138 Å². The number of esters is 1. The Morgan fingerprint density at radius 3 is 2.73 bits per heavy atom. The van der Waals surface area contributed by atoms with E-state index in [-0.39, 0.29) is 14.5 Å².